The van der Waals surface area contributed by atoms with Crippen molar-refractivity contribution in [1.82, 2.24) is 10.6 Å². The van der Waals surface area contributed by atoms with Gasteiger partial charge in [-0.1, -0.05) is 0 Å². The van der Waals surface area contributed by atoms with Crippen LogP contribution in [0.15, 0.2) is 0 Å². The number of rotatable bonds is 0. The standard InChI is InChI=1S/C7H12N2O/c10-6-7(5-9-6)1-3-8-4-2-7/h8H,1-5H2,(H,9,10). The van der Waals surface area contributed by atoms with Crippen LogP contribution in [-0.4, -0.2) is 25.5 Å². The minimum atomic E-state index is 0.0469. The van der Waals surface area contributed by atoms with Crippen LogP contribution in [0.2, 0.25) is 0 Å². The molecule has 0 radical (unpaired) electrons. The first kappa shape index (κ1) is 6.16. The zero-order valence-corrected chi connectivity index (χ0v) is 5.94. The lowest BCUT2D eigenvalue weighted by Crippen LogP contribution is -2.62. The first-order valence-corrected chi connectivity index (χ1v) is 3.83. The maximum atomic E-state index is 11.1. The number of carbonyl (C=O) groups is 1. The number of nitrogens with one attached hydrogen (secondary N) is 2. The maximum absolute atomic E-state index is 11.1. The Morgan fingerprint density at radius 1 is 1.30 bits per heavy atom. The fourth-order valence-corrected chi connectivity index (χ4v) is 1.72. The molecule has 2 heterocycles. The van der Waals surface area contributed by atoms with E-state index in [-0.39, 0.29) is 11.3 Å². The van der Waals surface area contributed by atoms with Gasteiger partial charge in [0.15, 0.2) is 0 Å². The largest absolute Gasteiger partial charge is 0.354 e. The number of hydrogen-bond donors (Lipinski definition) is 2. The van der Waals surface area contributed by atoms with Gasteiger partial charge in [-0.25, -0.2) is 0 Å². The summed E-state index contributed by atoms with van der Waals surface area (Å²) in [7, 11) is 0. The molecular formula is C7H12N2O. The molecule has 10 heavy (non-hydrogen) atoms. The molecule has 0 saturated carbocycles. The van der Waals surface area contributed by atoms with Crippen LogP contribution in [0.5, 0.6) is 0 Å². The third kappa shape index (κ3) is 0.669. The highest BCUT2D eigenvalue weighted by molar-refractivity contribution is 5.88. The second-order valence-electron chi connectivity index (χ2n) is 3.21. The van der Waals surface area contributed by atoms with Crippen molar-refractivity contribution < 1.29 is 4.79 Å². The van der Waals surface area contributed by atoms with Crippen LogP contribution in [-0.2, 0) is 4.79 Å². The van der Waals surface area contributed by atoms with Gasteiger partial charge in [-0.05, 0) is 25.9 Å². The van der Waals surface area contributed by atoms with Gasteiger partial charge in [-0.2, -0.15) is 0 Å². The smallest absolute Gasteiger partial charge is 0.228 e. The Morgan fingerprint density at radius 2 is 2.00 bits per heavy atom. The monoisotopic (exact) mass is 140 g/mol. The molecule has 3 nitrogen and oxygen atoms in total. The van der Waals surface area contributed by atoms with Crippen molar-refractivity contribution >= 4 is 5.91 Å². The van der Waals surface area contributed by atoms with Crippen molar-refractivity contribution in [2.45, 2.75) is 12.8 Å². The Kier molecular flexibility index (Phi) is 1.20. The van der Waals surface area contributed by atoms with Gasteiger partial charge in [0.2, 0.25) is 5.91 Å². The molecule has 3 heteroatoms. The van der Waals surface area contributed by atoms with Gasteiger partial charge in [0.1, 0.15) is 0 Å². The third-order valence-corrected chi connectivity index (χ3v) is 2.63. The van der Waals surface area contributed by atoms with Gasteiger partial charge in [0, 0.05) is 6.54 Å². The Morgan fingerprint density at radius 3 is 2.30 bits per heavy atom. The van der Waals surface area contributed by atoms with E-state index in [0.29, 0.717) is 0 Å². The normalized spacial score (nSPS) is 29.4. The summed E-state index contributed by atoms with van der Waals surface area (Å²) in [5.74, 6) is 0.272. The molecule has 2 rings (SSSR count). The third-order valence-electron chi connectivity index (χ3n) is 2.63. The number of β-lactam (4-membered cyclic amide) rings is 1. The lowest BCUT2D eigenvalue weighted by molar-refractivity contribution is -0.141. The van der Waals surface area contributed by atoms with Gasteiger partial charge in [0.25, 0.3) is 0 Å². The summed E-state index contributed by atoms with van der Waals surface area (Å²) >= 11 is 0. The van der Waals surface area contributed by atoms with Crippen molar-refractivity contribution in [2.75, 3.05) is 19.6 Å². The Hall–Kier alpha value is -0.570. The van der Waals surface area contributed by atoms with Crippen LogP contribution in [0.1, 0.15) is 12.8 Å². The molecule has 0 bridgehead atoms. The fraction of sp³-hybridized carbons (Fsp3) is 0.857. The summed E-state index contributed by atoms with van der Waals surface area (Å²) in [6.07, 6.45) is 2.05. The molecule has 2 fully saturated rings. The molecule has 0 aromatic carbocycles. The predicted octanol–water partition coefficient (Wildman–Crippen LogP) is -0.514. The fourth-order valence-electron chi connectivity index (χ4n) is 1.72. The van der Waals surface area contributed by atoms with E-state index in [2.05, 4.69) is 10.6 Å². The quantitative estimate of drug-likeness (QED) is 0.445. The zero-order valence-electron chi connectivity index (χ0n) is 5.94. The van der Waals surface area contributed by atoms with Crippen LogP contribution in [0, 0.1) is 5.41 Å². The van der Waals surface area contributed by atoms with Crippen molar-refractivity contribution in [1.29, 1.82) is 0 Å². The second kappa shape index (κ2) is 1.95. The summed E-state index contributed by atoms with van der Waals surface area (Å²) in [5.41, 5.74) is 0.0469. The number of piperidine rings is 1. The van der Waals surface area contributed by atoms with E-state index in [0.717, 1.165) is 32.5 Å². The average molecular weight is 140 g/mol. The van der Waals surface area contributed by atoms with E-state index in [1.165, 1.54) is 0 Å². The van der Waals surface area contributed by atoms with E-state index in [9.17, 15) is 4.79 Å². The van der Waals surface area contributed by atoms with E-state index in [1.54, 1.807) is 0 Å². The molecule has 2 aliphatic heterocycles. The Bertz CT molecular complexity index is 161. The van der Waals surface area contributed by atoms with Gasteiger partial charge in [0.05, 0.1) is 5.41 Å². The molecule has 1 spiro atoms. The lowest BCUT2D eigenvalue weighted by Gasteiger charge is -2.43. The first-order chi connectivity index (χ1) is 4.83. The second-order valence-corrected chi connectivity index (χ2v) is 3.21. The summed E-state index contributed by atoms with van der Waals surface area (Å²) in [6, 6.07) is 0. The van der Waals surface area contributed by atoms with E-state index >= 15 is 0 Å². The summed E-state index contributed by atoms with van der Waals surface area (Å²) in [5, 5.41) is 6.05. The molecule has 0 atom stereocenters. The summed E-state index contributed by atoms with van der Waals surface area (Å²) in [6.45, 7) is 2.92. The topological polar surface area (TPSA) is 41.1 Å². The highest BCUT2D eigenvalue weighted by Crippen LogP contribution is 2.33. The number of amides is 1. The van der Waals surface area contributed by atoms with Gasteiger partial charge >= 0.3 is 0 Å². The summed E-state index contributed by atoms with van der Waals surface area (Å²) < 4.78 is 0. The highest BCUT2D eigenvalue weighted by Gasteiger charge is 2.46. The molecule has 2 aliphatic rings. The van der Waals surface area contributed by atoms with E-state index in [1.807, 2.05) is 0 Å². The lowest BCUT2D eigenvalue weighted by atomic mass is 9.73. The van der Waals surface area contributed by atoms with Crippen LogP contribution >= 0.6 is 0 Å². The molecule has 2 N–H and O–H groups in total. The Balaban J connectivity index is 2.06. The minimum absolute atomic E-state index is 0.0469. The van der Waals surface area contributed by atoms with Gasteiger partial charge < -0.3 is 10.6 Å². The highest BCUT2D eigenvalue weighted by atomic mass is 16.2. The molecule has 0 aromatic rings. The first-order valence-electron chi connectivity index (χ1n) is 3.83. The van der Waals surface area contributed by atoms with Crippen molar-refractivity contribution in [3.63, 3.8) is 0 Å². The molecule has 0 unspecified atom stereocenters. The molecule has 2 saturated heterocycles. The van der Waals surface area contributed by atoms with Crippen LogP contribution in [0.25, 0.3) is 0 Å². The summed E-state index contributed by atoms with van der Waals surface area (Å²) in [4.78, 5) is 11.1. The minimum Gasteiger partial charge on any atom is -0.354 e. The predicted molar refractivity (Wildman–Crippen MR) is 37.5 cm³/mol. The maximum Gasteiger partial charge on any atom is 0.228 e. The molecule has 56 valence electrons. The van der Waals surface area contributed by atoms with Gasteiger partial charge in [-0.3, -0.25) is 4.79 Å². The van der Waals surface area contributed by atoms with Crippen LogP contribution in [0.4, 0.5) is 0 Å². The molecule has 1 amide bonds. The Labute approximate surface area is 60.2 Å². The van der Waals surface area contributed by atoms with Crippen LogP contribution < -0.4 is 10.6 Å². The zero-order chi connectivity index (χ0) is 7.03. The molecular weight excluding hydrogens is 128 g/mol. The molecule has 0 aromatic heterocycles. The van der Waals surface area contributed by atoms with E-state index in [4.69, 9.17) is 0 Å². The van der Waals surface area contributed by atoms with E-state index < -0.39 is 0 Å². The van der Waals surface area contributed by atoms with Crippen molar-refractivity contribution in [3.05, 3.63) is 0 Å². The van der Waals surface area contributed by atoms with Gasteiger partial charge in [-0.15, -0.1) is 0 Å². The number of hydrogen-bond acceptors (Lipinski definition) is 2. The average Bonchev–Trinajstić information content (AvgIpc) is 2.04. The SMILES string of the molecule is O=C1NCC12CCNCC2. The van der Waals surface area contributed by atoms with Crippen molar-refractivity contribution in [2.24, 2.45) is 5.41 Å². The molecule has 0 aliphatic carbocycles. The number of carbonyl (C=O) groups excluding carboxylic acids is 1. The van der Waals surface area contributed by atoms with Crippen molar-refractivity contribution in [3.8, 4) is 0 Å². The van der Waals surface area contributed by atoms with Crippen LogP contribution in [0.3, 0.4) is 0 Å².